The Labute approximate surface area is 179 Å². The Kier molecular flexibility index (Phi) is 5.18. The van der Waals surface area contributed by atoms with Gasteiger partial charge in [0, 0.05) is 30.4 Å². The smallest absolute Gasteiger partial charge is 0.346 e. The first-order valence-electron chi connectivity index (χ1n) is 9.14. The largest absolute Gasteiger partial charge is 0.433 e. The molecule has 3 aromatic heterocycles. The van der Waals surface area contributed by atoms with Gasteiger partial charge in [0.25, 0.3) is 5.91 Å². The maximum Gasteiger partial charge on any atom is 0.433 e. The number of benzene rings is 1. The molecule has 160 valence electrons. The van der Waals surface area contributed by atoms with Crippen LogP contribution in [-0.2, 0) is 19.8 Å². The number of carbonyl (C=O) groups excluding carboxylic acids is 1. The topological polar surface area (TPSA) is 77.1 Å². The van der Waals surface area contributed by atoms with Gasteiger partial charge in [-0.1, -0.05) is 41.9 Å². The van der Waals surface area contributed by atoms with Crippen LogP contribution in [-0.4, -0.2) is 30.3 Å². The number of alkyl halides is 3. The minimum absolute atomic E-state index is 0.0696. The van der Waals surface area contributed by atoms with E-state index in [0.29, 0.717) is 10.1 Å². The fourth-order valence-electron chi connectivity index (χ4n) is 3.07. The Morgan fingerprint density at radius 1 is 1.23 bits per heavy atom. The predicted octanol–water partition coefficient (Wildman–Crippen LogP) is 4.04. The molecule has 3 heterocycles. The van der Waals surface area contributed by atoms with Gasteiger partial charge in [0.15, 0.2) is 17.0 Å². The van der Waals surface area contributed by atoms with E-state index >= 15 is 0 Å². The van der Waals surface area contributed by atoms with Crippen molar-refractivity contribution in [1.29, 1.82) is 0 Å². The molecule has 4 aromatic rings. The van der Waals surface area contributed by atoms with Crippen LogP contribution in [0.15, 0.2) is 42.6 Å². The van der Waals surface area contributed by atoms with E-state index in [-0.39, 0.29) is 28.6 Å². The molecule has 0 saturated heterocycles. The van der Waals surface area contributed by atoms with Crippen molar-refractivity contribution in [3.63, 3.8) is 0 Å². The maximum absolute atomic E-state index is 13.7. The zero-order valence-corrected chi connectivity index (χ0v) is 17.2. The van der Waals surface area contributed by atoms with Gasteiger partial charge in [0.05, 0.1) is 11.9 Å². The molecule has 31 heavy (non-hydrogen) atoms. The molecule has 0 saturated carbocycles. The lowest BCUT2D eigenvalue weighted by atomic mass is 10.1. The molecule has 1 N–H and O–H groups in total. The SMILES string of the molecule is Cc1c(CNC(=O)c2nn3c(C(F)(F)F)cc(-c4ccccc4)nc3c2Cl)cnn1C. The molecular formula is C20H16ClF3N6O. The van der Waals surface area contributed by atoms with Gasteiger partial charge in [-0.2, -0.15) is 23.4 Å². The van der Waals surface area contributed by atoms with Crippen LogP contribution < -0.4 is 5.32 Å². The molecule has 0 aliphatic carbocycles. The molecule has 0 aliphatic heterocycles. The lowest BCUT2D eigenvalue weighted by molar-refractivity contribution is -0.142. The van der Waals surface area contributed by atoms with E-state index in [2.05, 4.69) is 20.5 Å². The van der Waals surface area contributed by atoms with Crippen molar-refractivity contribution >= 4 is 23.2 Å². The number of aryl methyl sites for hydroxylation is 1. The first kappa shape index (κ1) is 20.9. The lowest BCUT2D eigenvalue weighted by Crippen LogP contribution is -2.24. The lowest BCUT2D eigenvalue weighted by Gasteiger charge is -2.11. The van der Waals surface area contributed by atoms with E-state index in [9.17, 15) is 18.0 Å². The molecule has 0 unspecified atom stereocenters. The minimum atomic E-state index is -4.74. The Balaban J connectivity index is 1.76. The van der Waals surface area contributed by atoms with Crippen LogP contribution in [0, 0.1) is 6.92 Å². The zero-order valence-electron chi connectivity index (χ0n) is 16.4. The number of aromatic nitrogens is 5. The van der Waals surface area contributed by atoms with Crippen molar-refractivity contribution in [1.82, 2.24) is 29.7 Å². The van der Waals surface area contributed by atoms with Crippen LogP contribution in [0.3, 0.4) is 0 Å². The van der Waals surface area contributed by atoms with Gasteiger partial charge >= 0.3 is 6.18 Å². The van der Waals surface area contributed by atoms with Crippen molar-refractivity contribution in [2.45, 2.75) is 19.6 Å². The van der Waals surface area contributed by atoms with E-state index < -0.39 is 17.8 Å². The highest BCUT2D eigenvalue weighted by Crippen LogP contribution is 2.34. The van der Waals surface area contributed by atoms with Crippen LogP contribution >= 0.6 is 11.6 Å². The second-order valence-corrected chi connectivity index (χ2v) is 7.23. The Bertz CT molecular complexity index is 1280. The van der Waals surface area contributed by atoms with E-state index in [1.165, 1.54) is 0 Å². The summed E-state index contributed by atoms with van der Waals surface area (Å²) >= 11 is 6.26. The van der Waals surface area contributed by atoms with Crippen molar-refractivity contribution in [3.8, 4) is 11.3 Å². The summed E-state index contributed by atoms with van der Waals surface area (Å²) in [6.07, 6.45) is -3.14. The number of hydrogen-bond donors (Lipinski definition) is 1. The summed E-state index contributed by atoms with van der Waals surface area (Å²) in [7, 11) is 1.76. The second-order valence-electron chi connectivity index (χ2n) is 6.85. The van der Waals surface area contributed by atoms with Crippen molar-refractivity contribution in [2.24, 2.45) is 7.05 Å². The van der Waals surface area contributed by atoms with Gasteiger partial charge in [-0.05, 0) is 13.0 Å². The van der Waals surface area contributed by atoms with Crippen molar-refractivity contribution in [2.75, 3.05) is 0 Å². The van der Waals surface area contributed by atoms with Gasteiger partial charge in [-0.3, -0.25) is 9.48 Å². The number of carbonyl (C=O) groups is 1. The number of fused-ring (bicyclic) bond motifs is 1. The minimum Gasteiger partial charge on any atom is -0.346 e. The van der Waals surface area contributed by atoms with Crippen molar-refractivity contribution < 1.29 is 18.0 Å². The molecule has 11 heteroatoms. The van der Waals surface area contributed by atoms with Crippen LogP contribution in [0.2, 0.25) is 5.02 Å². The van der Waals surface area contributed by atoms with E-state index in [4.69, 9.17) is 11.6 Å². The van der Waals surface area contributed by atoms with Gasteiger partial charge in [0.1, 0.15) is 5.02 Å². The molecular weight excluding hydrogens is 433 g/mol. The molecule has 0 bridgehead atoms. The fourth-order valence-corrected chi connectivity index (χ4v) is 3.32. The highest BCUT2D eigenvalue weighted by Gasteiger charge is 2.36. The quantitative estimate of drug-likeness (QED) is 0.511. The first-order chi connectivity index (χ1) is 14.7. The van der Waals surface area contributed by atoms with Crippen molar-refractivity contribution in [3.05, 3.63) is 70.3 Å². The Morgan fingerprint density at radius 2 is 1.94 bits per heavy atom. The van der Waals surface area contributed by atoms with Gasteiger partial charge in [0.2, 0.25) is 0 Å². The third-order valence-corrected chi connectivity index (χ3v) is 5.23. The summed E-state index contributed by atoms with van der Waals surface area (Å²) in [4.78, 5) is 16.9. The third kappa shape index (κ3) is 3.86. The summed E-state index contributed by atoms with van der Waals surface area (Å²) in [5, 5.41) is 10.3. The van der Waals surface area contributed by atoms with E-state index in [1.54, 1.807) is 48.3 Å². The molecule has 7 nitrogen and oxygen atoms in total. The van der Waals surface area contributed by atoms with E-state index in [1.807, 2.05) is 6.92 Å². The first-order valence-corrected chi connectivity index (χ1v) is 9.52. The number of halogens is 4. The van der Waals surface area contributed by atoms with Crippen LogP contribution in [0.25, 0.3) is 16.9 Å². The number of rotatable bonds is 4. The number of amides is 1. The highest BCUT2D eigenvalue weighted by atomic mass is 35.5. The molecule has 0 spiro atoms. The summed E-state index contributed by atoms with van der Waals surface area (Å²) in [6.45, 7) is 1.95. The average Bonchev–Trinajstić information content (AvgIpc) is 3.25. The highest BCUT2D eigenvalue weighted by molar-refractivity contribution is 6.36. The molecule has 0 atom stereocenters. The molecule has 1 amide bonds. The summed E-state index contributed by atoms with van der Waals surface area (Å²) in [5.41, 5.74) is 0.474. The fraction of sp³-hybridized carbons (Fsp3) is 0.200. The van der Waals surface area contributed by atoms with Gasteiger partial charge in [-0.15, -0.1) is 0 Å². The standard InChI is InChI=1S/C20H16ClF3N6O/c1-11-13(10-26-29(11)2)9-25-19(31)17-16(21)18-27-14(12-6-4-3-5-7-12)8-15(20(22,23)24)30(18)28-17/h3-8,10H,9H2,1-2H3,(H,25,31). The normalized spacial score (nSPS) is 11.8. The maximum atomic E-state index is 13.7. The molecule has 0 fully saturated rings. The Hall–Kier alpha value is -3.40. The van der Waals surface area contributed by atoms with Gasteiger partial charge in [-0.25, -0.2) is 9.50 Å². The molecule has 1 aromatic carbocycles. The monoisotopic (exact) mass is 448 g/mol. The summed E-state index contributed by atoms with van der Waals surface area (Å²) in [5.74, 6) is -0.715. The number of nitrogens with one attached hydrogen (secondary N) is 1. The van der Waals surface area contributed by atoms with Crippen LogP contribution in [0.4, 0.5) is 13.2 Å². The molecule has 0 aliphatic rings. The zero-order chi connectivity index (χ0) is 22.3. The number of nitrogens with zero attached hydrogens (tertiary/aromatic N) is 5. The van der Waals surface area contributed by atoms with Crippen LogP contribution in [0.1, 0.15) is 27.4 Å². The summed E-state index contributed by atoms with van der Waals surface area (Å²) < 4.78 is 43.4. The number of hydrogen-bond acceptors (Lipinski definition) is 4. The third-order valence-electron chi connectivity index (χ3n) is 4.88. The predicted molar refractivity (Wildman–Crippen MR) is 108 cm³/mol. The average molecular weight is 449 g/mol. The second kappa shape index (κ2) is 7.69. The van der Waals surface area contributed by atoms with Gasteiger partial charge < -0.3 is 5.32 Å². The van der Waals surface area contributed by atoms with E-state index in [0.717, 1.165) is 17.3 Å². The van der Waals surface area contributed by atoms with Crippen LogP contribution in [0.5, 0.6) is 0 Å². The molecule has 0 radical (unpaired) electrons. The summed E-state index contributed by atoms with van der Waals surface area (Å²) in [6, 6.07) is 9.26. The molecule has 4 rings (SSSR count). The Morgan fingerprint density at radius 3 is 2.55 bits per heavy atom.